The summed E-state index contributed by atoms with van der Waals surface area (Å²) in [5, 5.41) is 0. The van der Waals surface area contributed by atoms with E-state index in [0.717, 1.165) is 11.1 Å². The van der Waals surface area contributed by atoms with Crippen molar-refractivity contribution >= 4 is 16.0 Å². The number of esters is 1. The van der Waals surface area contributed by atoms with Crippen LogP contribution in [0, 0.1) is 24.7 Å². The van der Waals surface area contributed by atoms with Gasteiger partial charge >= 0.3 is 5.97 Å². The molecule has 0 radical (unpaired) electrons. The maximum atomic E-state index is 12.7. The van der Waals surface area contributed by atoms with Gasteiger partial charge in [-0.3, -0.25) is 4.79 Å². The molecule has 0 N–H and O–H groups in total. The largest absolute Gasteiger partial charge is 0.469 e. The minimum absolute atomic E-state index is 0.0137. The Bertz CT molecular complexity index is 723. The molecule has 3 atom stereocenters. The lowest BCUT2D eigenvalue weighted by Gasteiger charge is -2.39. The molecule has 1 aliphatic carbocycles. The van der Waals surface area contributed by atoms with Crippen molar-refractivity contribution in [3.8, 4) is 0 Å². The van der Waals surface area contributed by atoms with E-state index in [0.29, 0.717) is 18.0 Å². The quantitative estimate of drug-likeness (QED) is 0.626. The molecule has 0 spiro atoms. The van der Waals surface area contributed by atoms with Crippen molar-refractivity contribution in [3.63, 3.8) is 0 Å². The number of carbonyl (C=O) groups excluding carboxylic acids is 1. The molecular formula is C16H19NO4S. The number of ether oxygens (including phenoxy) is 1. The van der Waals surface area contributed by atoms with Gasteiger partial charge in [-0.1, -0.05) is 29.8 Å². The zero-order chi connectivity index (χ0) is 16.1. The van der Waals surface area contributed by atoms with E-state index < -0.39 is 10.0 Å². The van der Waals surface area contributed by atoms with Crippen LogP contribution in [0.1, 0.15) is 5.56 Å². The summed E-state index contributed by atoms with van der Waals surface area (Å²) in [6.07, 6.45) is 0. The van der Waals surface area contributed by atoms with Crippen molar-refractivity contribution in [1.29, 1.82) is 0 Å². The Balaban J connectivity index is 1.82. The molecule has 3 rings (SSSR count). The van der Waals surface area contributed by atoms with Gasteiger partial charge in [-0.15, -0.1) is 0 Å². The van der Waals surface area contributed by atoms with Gasteiger partial charge < -0.3 is 4.74 Å². The lowest BCUT2D eigenvalue weighted by molar-refractivity contribution is -0.148. The van der Waals surface area contributed by atoms with E-state index in [9.17, 15) is 13.2 Å². The fourth-order valence-corrected chi connectivity index (χ4v) is 4.92. The Hall–Kier alpha value is -1.66. The van der Waals surface area contributed by atoms with Crippen LogP contribution in [0.25, 0.3) is 0 Å². The molecule has 6 heteroatoms. The lowest BCUT2D eigenvalue weighted by atomic mass is 9.63. The minimum atomic E-state index is -3.52. The van der Waals surface area contributed by atoms with Crippen LogP contribution >= 0.6 is 0 Å². The van der Waals surface area contributed by atoms with Gasteiger partial charge in [-0.25, -0.2) is 8.42 Å². The van der Waals surface area contributed by atoms with Crippen LogP contribution in [0.4, 0.5) is 0 Å². The smallest absolute Gasteiger partial charge is 0.313 e. The van der Waals surface area contributed by atoms with Crippen LogP contribution < -0.4 is 0 Å². The fourth-order valence-electron chi connectivity index (χ4n) is 3.42. The molecule has 0 amide bonds. The Kier molecular flexibility index (Phi) is 3.61. The molecule has 0 bridgehead atoms. The number of sulfonamides is 1. The third-order valence-corrected chi connectivity index (χ3v) is 6.60. The van der Waals surface area contributed by atoms with Crippen molar-refractivity contribution < 1.29 is 17.9 Å². The zero-order valence-electron chi connectivity index (χ0n) is 12.7. The van der Waals surface area contributed by atoms with Crippen LogP contribution in [0.3, 0.4) is 0 Å². The number of aryl methyl sites for hydroxylation is 1. The standard InChI is InChI=1S/C16H19NO4S/c1-10-4-6-12(7-5-10)22(19,20)17-8-13-11(2)15(14(13)9-17)16(18)21-3/h4-7,13-15H,2,8-9H2,1,3H3/t13-,14-,15-/m0/s1. The summed E-state index contributed by atoms with van der Waals surface area (Å²) in [4.78, 5) is 12.1. The van der Waals surface area contributed by atoms with Crippen molar-refractivity contribution in [1.82, 2.24) is 4.31 Å². The number of rotatable bonds is 3. The predicted octanol–water partition coefficient (Wildman–Crippen LogP) is 1.59. The van der Waals surface area contributed by atoms with Crippen molar-refractivity contribution in [2.45, 2.75) is 11.8 Å². The number of hydrogen-bond donors (Lipinski definition) is 0. The predicted molar refractivity (Wildman–Crippen MR) is 81.6 cm³/mol. The number of nitrogens with zero attached hydrogens (tertiary/aromatic N) is 1. The van der Waals surface area contributed by atoms with Gasteiger partial charge in [-0.05, 0) is 30.9 Å². The molecule has 2 fully saturated rings. The maximum Gasteiger partial charge on any atom is 0.313 e. The fraction of sp³-hybridized carbons (Fsp3) is 0.438. The highest BCUT2D eigenvalue weighted by molar-refractivity contribution is 7.89. The Morgan fingerprint density at radius 3 is 2.50 bits per heavy atom. The van der Waals surface area contributed by atoms with Crippen molar-refractivity contribution in [2.75, 3.05) is 20.2 Å². The topological polar surface area (TPSA) is 63.7 Å². The van der Waals surface area contributed by atoms with E-state index in [-0.39, 0.29) is 23.7 Å². The van der Waals surface area contributed by atoms with Crippen LogP contribution in [0.2, 0.25) is 0 Å². The van der Waals surface area contributed by atoms with E-state index in [1.807, 2.05) is 6.92 Å². The monoisotopic (exact) mass is 321 g/mol. The molecule has 1 heterocycles. The summed E-state index contributed by atoms with van der Waals surface area (Å²) in [7, 11) is -2.17. The summed E-state index contributed by atoms with van der Waals surface area (Å²) >= 11 is 0. The average molecular weight is 321 g/mol. The first-order valence-corrected chi connectivity index (χ1v) is 8.63. The highest BCUT2D eigenvalue weighted by Crippen LogP contribution is 2.50. The SMILES string of the molecule is C=C1[C@H](C(=O)OC)[C@H]2CN(S(=O)(=O)c3ccc(C)cc3)C[C@@H]12. The molecule has 0 unspecified atom stereocenters. The summed E-state index contributed by atoms with van der Waals surface area (Å²) < 4.78 is 31.6. The van der Waals surface area contributed by atoms with E-state index in [1.54, 1.807) is 24.3 Å². The molecule has 118 valence electrons. The van der Waals surface area contributed by atoms with Crippen LogP contribution in [-0.2, 0) is 19.6 Å². The first-order valence-electron chi connectivity index (χ1n) is 7.19. The molecule has 1 aromatic rings. The second kappa shape index (κ2) is 5.21. The van der Waals surface area contributed by atoms with Gasteiger partial charge in [0, 0.05) is 13.1 Å². The highest BCUT2D eigenvalue weighted by Gasteiger charge is 2.55. The van der Waals surface area contributed by atoms with Crippen molar-refractivity contribution in [2.24, 2.45) is 17.8 Å². The van der Waals surface area contributed by atoms with Crippen LogP contribution in [0.5, 0.6) is 0 Å². The first-order chi connectivity index (χ1) is 10.4. The molecule has 1 saturated heterocycles. The normalized spacial score (nSPS) is 28.1. The van der Waals surface area contributed by atoms with E-state index in [4.69, 9.17) is 4.74 Å². The molecule has 5 nitrogen and oxygen atoms in total. The van der Waals surface area contributed by atoms with Crippen LogP contribution in [-0.4, -0.2) is 38.9 Å². The van der Waals surface area contributed by atoms with Gasteiger partial charge in [0.2, 0.25) is 10.0 Å². The van der Waals surface area contributed by atoms with E-state index in [2.05, 4.69) is 6.58 Å². The van der Waals surface area contributed by atoms with Crippen molar-refractivity contribution in [3.05, 3.63) is 42.0 Å². The number of methoxy groups -OCH3 is 1. The summed E-state index contributed by atoms with van der Waals surface area (Å²) in [6, 6.07) is 6.82. The Morgan fingerprint density at radius 1 is 1.27 bits per heavy atom. The molecule has 1 aliphatic heterocycles. The van der Waals surface area contributed by atoms with Gasteiger partial charge in [-0.2, -0.15) is 4.31 Å². The maximum absolute atomic E-state index is 12.7. The number of fused-ring (bicyclic) bond motifs is 1. The number of hydrogen-bond acceptors (Lipinski definition) is 4. The Morgan fingerprint density at radius 2 is 1.91 bits per heavy atom. The molecule has 1 aromatic carbocycles. The summed E-state index contributed by atoms with van der Waals surface area (Å²) in [5.74, 6) is -0.640. The molecule has 2 aliphatic rings. The lowest BCUT2D eigenvalue weighted by Crippen LogP contribution is -2.43. The van der Waals surface area contributed by atoms with E-state index in [1.165, 1.54) is 11.4 Å². The third kappa shape index (κ3) is 2.18. The number of carbonyl (C=O) groups is 1. The van der Waals surface area contributed by atoms with Crippen LogP contribution in [0.15, 0.2) is 41.3 Å². The van der Waals surface area contributed by atoms with Gasteiger partial charge in [0.25, 0.3) is 0 Å². The average Bonchev–Trinajstić information content (AvgIpc) is 2.88. The summed E-state index contributed by atoms with van der Waals surface area (Å²) in [6.45, 7) is 6.59. The number of benzene rings is 1. The third-order valence-electron chi connectivity index (χ3n) is 4.75. The van der Waals surface area contributed by atoms with Gasteiger partial charge in [0.1, 0.15) is 0 Å². The highest BCUT2D eigenvalue weighted by atomic mass is 32.2. The first kappa shape index (κ1) is 15.2. The summed E-state index contributed by atoms with van der Waals surface area (Å²) in [5.41, 5.74) is 1.80. The van der Waals surface area contributed by atoms with Gasteiger partial charge in [0.05, 0.1) is 17.9 Å². The second-order valence-electron chi connectivity index (χ2n) is 5.98. The minimum Gasteiger partial charge on any atom is -0.469 e. The second-order valence-corrected chi connectivity index (χ2v) is 7.92. The molecule has 1 saturated carbocycles. The molecular weight excluding hydrogens is 302 g/mol. The molecule has 0 aromatic heterocycles. The van der Waals surface area contributed by atoms with E-state index >= 15 is 0 Å². The zero-order valence-corrected chi connectivity index (χ0v) is 13.5. The molecule has 22 heavy (non-hydrogen) atoms. The van der Waals surface area contributed by atoms with Gasteiger partial charge in [0.15, 0.2) is 0 Å². The Labute approximate surface area is 130 Å².